The standard InChI is InChI=1S/C23H26N2O2/c1-3-4-5-6-15-27-22-13-9-19(10-14-22)16-20(17-24)23(26)25-21-11-7-18(2)8-12-21/h7-14,16H,3-6,15H2,1-2H3,(H,25,26)/b20-16-. The Kier molecular flexibility index (Phi) is 8.12. The summed E-state index contributed by atoms with van der Waals surface area (Å²) in [4.78, 5) is 12.3. The second-order valence-electron chi connectivity index (χ2n) is 6.47. The van der Waals surface area contributed by atoms with Crippen LogP contribution in [0.2, 0.25) is 0 Å². The van der Waals surface area contributed by atoms with Crippen LogP contribution >= 0.6 is 0 Å². The van der Waals surface area contributed by atoms with Crippen LogP contribution in [0.3, 0.4) is 0 Å². The van der Waals surface area contributed by atoms with E-state index in [9.17, 15) is 10.1 Å². The van der Waals surface area contributed by atoms with Crippen molar-refractivity contribution in [2.45, 2.75) is 39.5 Å². The Morgan fingerprint density at radius 2 is 1.78 bits per heavy atom. The lowest BCUT2D eigenvalue weighted by molar-refractivity contribution is -0.112. The van der Waals surface area contributed by atoms with Crippen LogP contribution in [-0.4, -0.2) is 12.5 Å². The molecule has 0 spiro atoms. The van der Waals surface area contributed by atoms with Crippen molar-refractivity contribution in [3.05, 3.63) is 65.2 Å². The first-order valence-electron chi connectivity index (χ1n) is 9.35. The molecule has 0 aliphatic heterocycles. The highest BCUT2D eigenvalue weighted by Crippen LogP contribution is 2.16. The number of amides is 1. The number of nitriles is 1. The number of hydrogen-bond donors (Lipinski definition) is 1. The molecule has 1 amide bonds. The Morgan fingerprint density at radius 3 is 2.41 bits per heavy atom. The Morgan fingerprint density at radius 1 is 1.07 bits per heavy atom. The molecule has 0 fully saturated rings. The zero-order chi connectivity index (χ0) is 19.5. The van der Waals surface area contributed by atoms with E-state index in [0.29, 0.717) is 12.3 Å². The van der Waals surface area contributed by atoms with Crippen molar-refractivity contribution < 1.29 is 9.53 Å². The van der Waals surface area contributed by atoms with E-state index in [0.717, 1.165) is 23.3 Å². The van der Waals surface area contributed by atoms with Crippen molar-refractivity contribution in [1.82, 2.24) is 0 Å². The maximum absolute atomic E-state index is 12.3. The van der Waals surface area contributed by atoms with E-state index < -0.39 is 5.91 Å². The molecule has 0 saturated heterocycles. The van der Waals surface area contributed by atoms with Gasteiger partial charge in [0.2, 0.25) is 0 Å². The molecule has 0 radical (unpaired) electrons. The van der Waals surface area contributed by atoms with Crippen LogP contribution < -0.4 is 10.1 Å². The number of ether oxygens (including phenoxy) is 1. The summed E-state index contributed by atoms with van der Waals surface area (Å²) < 4.78 is 5.71. The maximum Gasteiger partial charge on any atom is 0.266 e. The van der Waals surface area contributed by atoms with Crippen LogP contribution in [0.1, 0.15) is 43.7 Å². The minimum atomic E-state index is -0.419. The van der Waals surface area contributed by atoms with Crippen LogP contribution in [0, 0.1) is 18.3 Å². The van der Waals surface area contributed by atoms with E-state index in [1.54, 1.807) is 6.08 Å². The fraction of sp³-hybridized carbons (Fsp3) is 0.304. The van der Waals surface area contributed by atoms with Gasteiger partial charge in [0.1, 0.15) is 17.4 Å². The topological polar surface area (TPSA) is 62.1 Å². The lowest BCUT2D eigenvalue weighted by atomic mass is 10.1. The van der Waals surface area contributed by atoms with Crippen molar-refractivity contribution in [2.75, 3.05) is 11.9 Å². The molecule has 140 valence electrons. The average Bonchev–Trinajstić information content (AvgIpc) is 2.68. The number of carbonyl (C=O) groups is 1. The predicted molar refractivity (Wildman–Crippen MR) is 109 cm³/mol. The molecule has 0 unspecified atom stereocenters. The van der Waals surface area contributed by atoms with E-state index in [1.165, 1.54) is 19.3 Å². The van der Waals surface area contributed by atoms with Gasteiger partial charge < -0.3 is 10.1 Å². The lowest BCUT2D eigenvalue weighted by Crippen LogP contribution is -2.13. The van der Waals surface area contributed by atoms with Gasteiger partial charge in [-0.1, -0.05) is 56.0 Å². The summed E-state index contributed by atoms with van der Waals surface area (Å²) in [5.74, 6) is 0.379. The Balaban J connectivity index is 1.95. The number of nitrogens with one attached hydrogen (secondary N) is 1. The van der Waals surface area contributed by atoms with Gasteiger partial charge in [0.15, 0.2) is 0 Å². The summed E-state index contributed by atoms with van der Waals surface area (Å²) in [6, 6.07) is 16.8. The average molecular weight is 362 g/mol. The van der Waals surface area contributed by atoms with Gasteiger partial charge in [0, 0.05) is 5.69 Å². The quantitative estimate of drug-likeness (QED) is 0.364. The molecule has 2 aromatic rings. The third kappa shape index (κ3) is 6.99. The normalized spacial score (nSPS) is 10.9. The maximum atomic E-state index is 12.3. The molecule has 2 rings (SSSR count). The van der Waals surface area contributed by atoms with Crippen molar-refractivity contribution in [3.8, 4) is 11.8 Å². The number of carbonyl (C=O) groups excluding carboxylic acids is 1. The number of rotatable bonds is 9. The van der Waals surface area contributed by atoms with Gasteiger partial charge in [-0.15, -0.1) is 0 Å². The van der Waals surface area contributed by atoms with Crippen molar-refractivity contribution in [2.24, 2.45) is 0 Å². The van der Waals surface area contributed by atoms with Crippen LogP contribution in [0.5, 0.6) is 5.75 Å². The van der Waals surface area contributed by atoms with Gasteiger partial charge >= 0.3 is 0 Å². The van der Waals surface area contributed by atoms with E-state index in [4.69, 9.17) is 4.74 Å². The molecule has 27 heavy (non-hydrogen) atoms. The van der Waals surface area contributed by atoms with Crippen LogP contribution in [0.4, 0.5) is 5.69 Å². The summed E-state index contributed by atoms with van der Waals surface area (Å²) in [6.07, 6.45) is 6.25. The zero-order valence-corrected chi connectivity index (χ0v) is 16.0. The lowest BCUT2D eigenvalue weighted by Gasteiger charge is -2.07. The Hall–Kier alpha value is -3.06. The molecule has 0 atom stereocenters. The van der Waals surface area contributed by atoms with Gasteiger partial charge in [-0.05, 0) is 49.2 Å². The van der Waals surface area contributed by atoms with E-state index in [1.807, 2.05) is 61.5 Å². The van der Waals surface area contributed by atoms with E-state index >= 15 is 0 Å². The van der Waals surface area contributed by atoms with Crippen LogP contribution in [-0.2, 0) is 4.79 Å². The summed E-state index contributed by atoms with van der Waals surface area (Å²) in [5, 5.41) is 12.1. The highest BCUT2D eigenvalue weighted by molar-refractivity contribution is 6.09. The first-order chi connectivity index (χ1) is 13.1. The third-order valence-corrected chi connectivity index (χ3v) is 4.13. The number of aryl methyl sites for hydroxylation is 1. The fourth-order valence-corrected chi connectivity index (χ4v) is 2.53. The van der Waals surface area contributed by atoms with E-state index in [2.05, 4.69) is 12.2 Å². The number of anilines is 1. The monoisotopic (exact) mass is 362 g/mol. The molecule has 0 heterocycles. The first-order valence-corrected chi connectivity index (χ1v) is 9.35. The van der Waals surface area contributed by atoms with Gasteiger partial charge in [-0.25, -0.2) is 0 Å². The van der Waals surface area contributed by atoms with Gasteiger partial charge in [0.25, 0.3) is 5.91 Å². The smallest absolute Gasteiger partial charge is 0.266 e. The molecule has 1 N–H and O–H groups in total. The van der Waals surface area contributed by atoms with Gasteiger partial charge in [0.05, 0.1) is 6.61 Å². The minimum absolute atomic E-state index is 0.0591. The first kappa shape index (κ1) is 20.3. The molecule has 0 aromatic heterocycles. The highest BCUT2D eigenvalue weighted by atomic mass is 16.5. The fourth-order valence-electron chi connectivity index (χ4n) is 2.53. The molecule has 4 nitrogen and oxygen atoms in total. The SMILES string of the molecule is CCCCCCOc1ccc(/C=C(/C#N)C(=O)Nc2ccc(C)cc2)cc1. The van der Waals surface area contributed by atoms with Crippen molar-refractivity contribution >= 4 is 17.7 Å². The van der Waals surface area contributed by atoms with Crippen LogP contribution in [0.15, 0.2) is 54.1 Å². The Labute approximate surface area is 161 Å². The second-order valence-corrected chi connectivity index (χ2v) is 6.47. The minimum Gasteiger partial charge on any atom is -0.494 e. The number of hydrogen-bond acceptors (Lipinski definition) is 3. The molecule has 4 heteroatoms. The third-order valence-electron chi connectivity index (χ3n) is 4.13. The summed E-state index contributed by atoms with van der Waals surface area (Å²) in [6.45, 7) is 4.87. The summed E-state index contributed by atoms with van der Waals surface area (Å²) in [5.41, 5.74) is 2.61. The molecule has 0 aliphatic carbocycles. The largest absolute Gasteiger partial charge is 0.494 e. The second kappa shape index (κ2) is 10.8. The predicted octanol–water partition coefficient (Wildman–Crippen LogP) is 5.50. The van der Waals surface area contributed by atoms with Crippen LogP contribution in [0.25, 0.3) is 6.08 Å². The molecule has 0 saturated carbocycles. The van der Waals surface area contributed by atoms with Crippen molar-refractivity contribution in [3.63, 3.8) is 0 Å². The summed E-state index contributed by atoms with van der Waals surface area (Å²) in [7, 11) is 0. The number of nitrogens with zero attached hydrogens (tertiary/aromatic N) is 1. The van der Waals surface area contributed by atoms with Gasteiger partial charge in [-0.3, -0.25) is 4.79 Å². The summed E-state index contributed by atoms with van der Waals surface area (Å²) >= 11 is 0. The van der Waals surface area contributed by atoms with E-state index in [-0.39, 0.29) is 5.57 Å². The zero-order valence-electron chi connectivity index (χ0n) is 16.0. The molecular weight excluding hydrogens is 336 g/mol. The number of benzene rings is 2. The van der Waals surface area contributed by atoms with Gasteiger partial charge in [-0.2, -0.15) is 5.26 Å². The molecule has 0 bridgehead atoms. The van der Waals surface area contributed by atoms with Crippen molar-refractivity contribution in [1.29, 1.82) is 5.26 Å². The molecule has 0 aliphatic rings. The highest BCUT2D eigenvalue weighted by Gasteiger charge is 2.09. The molecule has 2 aromatic carbocycles. The Bertz CT molecular complexity index is 800. The molecular formula is C23H26N2O2. The number of unbranched alkanes of at least 4 members (excludes halogenated alkanes) is 3.